The van der Waals surface area contributed by atoms with Gasteiger partial charge in [0.15, 0.2) is 0 Å². The van der Waals surface area contributed by atoms with E-state index in [-0.39, 0.29) is 0 Å². The highest BCUT2D eigenvalue weighted by molar-refractivity contribution is 5.94. The van der Waals surface area contributed by atoms with Crippen LogP contribution in [-0.4, -0.2) is 17.6 Å². The number of hydrogen-bond donors (Lipinski definition) is 2. The van der Waals surface area contributed by atoms with Crippen LogP contribution in [0.2, 0.25) is 0 Å². The second-order valence-corrected chi connectivity index (χ2v) is 6.23. The molecule has 1 aromatic rings. The number of hydrogen-bond acceptors (Lipinski definition) is 2. The lowest BCUT2D eigenvalue weighted by Crippen LogP contribution is -2.11. The summed E-state index contributed by atoms with van der Waals surface area (Å²) in [6.45, 7) is 9.89. The number of anilines is 1. The van der Waals surface area contributed by atoms with Crippen LogP contribution in [-0.2, 0) is 0 Å². The molecule has 0 unspecified atom stereocenters. The Morgan fingerprint density at radius 1 is 1.22 bits per heavy atom. The van der Waals surface area contributed by atoms with E-state index in [1.165, 1.54) is 0 Å². The van der Waals surface area contributed by atoms with E-state index in [1.807, 2.05) is 12.1 Å². The first-order chi connectivity index (χ1) is 8.28. The van der Waals surface area contributed by atoms with Gasteiger partial charge in [0, 0.05) is 12.2 Å². The molecule has 1 saturated carbocycles. The average Bonchev–Trinajstić information content (AvgIpc) is 2.67. The van der Waals surface area contributed by atoms with E-state index in [4.69, 9.17) is 5.11 Å². The maximum absolute atomic E-state index is 11.1. The number of para-hydroxylation sites is 1. The summed E-state index contributed by atoms with van der Waals surface area (Å²) in [7, 11) is 0. The van der Waals surface area contributed by atoms with E-state index in [9.17, 15) is 4.79 Å². The van der Waals surface area contributed by atoms with Crippen LogP contribution in [0.3, 0.4) is 0 Å². The van der Waals surface area contributed by atoms with Gasteiger partial charge in [-0.3, -0.25) is 0 Å². The number of carbonyl (C=O) groups is 1. The summed E-state index contributed by atoms with van der Waals surface area (Å²) in [5.41, 5.74) is 1.69. The van der Waals surface area contributed by atoms with E-state index in [2.05, 4.69) is 33.0 Å². The molecule has 0 heterocycles. The fourth-order valence-corrected chi connectivity index (χ4v) is 2.88. The van der Waals surface area contributed by atoms with Crippen molar-refractivity contribution in [3.63, 3.8) is 0 Å². The molecule has 2 N–H and O–H groups in total. The Morgan fingerprint density at radius 2 is 1.78 bits per heavy atom. The summed E-state index contributed by atoms with van der Waals surface area (Å²) in [6.07, 6.45) is 0. The Hall–Kier alpha value is -1.51. The van der Waals surface area contributed by atoms with Crippen LogP contribution in [0, 0.1) is 16.7 Å². The zero-order chi connectivity index (χ0) is 13.6. The van der Waals surface area contributed by atoms with Crippen LogP contribution >= 0.6 is 0 Å². The highest BCUT2D eigenvalue weighted by Crippen LogP contribution is 2.68. The van der Waals surface area contributed by atoms with Crippen molar-refractivity contribution in [3.8, 4) is 0 Å². The fourth-order valence-electron chi connectivity index (χ4n) is 2.88. The molecule has 0 radical (unpaired) electrons. The first-order valence-electron chi connectivity index (χ1n) is 6.34. The Bertz CT molecular complexity index is 463. The first kappa shape index (κ1) is 12.9. The van der Waals surface area contributed by atoms with Crippen LogP contribution in [0.1, 0.15) is 38.1 Å². The molecule has 1 aliphatic rings. The molecule has 1 fully saturated rings. The van der Waals surface area contributed by atoms with E-state index in [0.29, 0.717) is 28.0 Å². The second kappa shape index (κ2) is 4.01. The molecule has 1 aromatic carbocycles. The number of carboxylic acids is 1. The quantitative estimate of drug-likeness (QED) is 0.856. The SMILES string of the molecule is CC1(C)C(CNc2ccccc2C(=O)O)C1(C)C. The third kappa shape index (κ3) is 1.88. The van der Waals surface area contributed by atoms with Crippen molar-refractivity contribution in [2.45, 2.75) is 27.7 Å². The highest BCUT2D eigenvalue weighted by Gasteiger charge is 2.64. The number of benzene rings is 1. The van der Waals surface area contributed by atoms with Crippen LogP contribution in [0.15, 0.2) is 24.3 Å². The lowest BCUT2D eigenvalue weighted by molar-refractivity contribution is 0.0698. The van der Waals surface area contributed by atoms with Crippen molar-refractivity contribution in [1.29, 1.82) is 0 Å². The minimum atomic E-state index is -0.882. The standard InChI is InChI=1S/C15H21NO2/c1-14(2)12(15(14,3)4)9-16-11-8-6-5-7-10(11)13(17)18/h5-8,12,16H,9H2,1-4H3,(H,17,18). The van der Waals surface area contributed by atoms with Gasteiger partial charge in [-0.05, 0) is 28.9 Å². The Morgan fingerprint density at radius 3 is 2.28 bits per heavy atom. The molecule has 0 bridgehead atoms. The van der Waals surface area contributed by atoms with E-state index in [1.54, 1.807) is 12.1 Å². The normalized spacial score (nSPS) is 20.4. The Kier molecular flexibility index (Phi) is 2.88. The van der Waals surface area contributed by atoms with Crippen LogP contribution in [0.5, 0.6) is 0 Å². The molecule has 0 aromatic heterocycles. The lowest BCUT2D eigenvalue weighted by Gasteiger charge is -2.10. The minimum absolute atomic E-state index is 0.318. The van der Waals surface area contributed by atoms with Gasteiger partial charge in [-0.15, -0.1) is 0 Å². The third-order valence-electron chi connectivity index (χ3n) is 4.97. The van der Waals surface area contributed by atoms with Gasteiger partial charge in [-0.1, -0.05) is 39.8 Å². The van der Waals surface area contributed by atoms with Crippen LogP contribution in [0.4, 0.5) is 5.69 Å². The van der Waals surface area contributed by atoms with E-state index in [0.717, 1.165) is 6.54 Å². The van der Waals surface area contributed by atoms with Crippen LogP contribution in [0.25, 0.3) is 0 Å². The minimum Gasteiger partial charge on any atom is -0.478 e. The molecule has 98 valence electrons. The van der Waals surface area contributed by atoms with Crippen molar-refractivity contribution in [2.75, 3.05) is 11.9 Å². The van der Waals surface area contributed by atoms with Crippen molar-refractivity contribution >= 4 is 11.7 Å². The molecule has 3 nitrogen and oxygen atoms in total. The smallest absolute Gasteiger partial charge is 0.337 e. The Labute approximate surface area is 108 Å². The molecular formula is C15H21NO2. The molecule has 0 saturated heterocycles. The molecule has 0 atom stereocenters. The van der Waals surface area contributed by atoms with Crippen molar-refractivity contribution < 1.29 is 9.90 Å². The summed E-state index contributed by atoms with van der Waals surface area (Å²) >= 11 is 0. The molecular weight excluding hydrogens is 226 g/mol. The summed E-state index contributed by atoms with van der Waals surface area (Å²) in [4.78, 5) is 11.1. The topological polar surface area (TPSA) is 49.3 Å². The zero-order valence-corrected chi connectivity index (χ0v) is 11.4. The Balaban J connectivity index is 2.07. The molecule has 18 heavy (non-hydrogen) atoms. The largest absolute Gasteiger partial charge is 0.478 e. The summed E-state index contributed by atoms with van der Waals surface area (Å²) < 4.78 is 0. The molecule has 0 aliphatic heterocycles. The van der Waals surface area contributed by atoms with Gasteiger partial charge < -0.3 is 10.4 Å². The van der Waals surface area contributed by atoms with E-state index >= 15 is 0 Å². The van der Waals surface area contributed by atoms with Gasteiger partial charge in [0.2, 0.25) is 0 Å². The molecule has 3 heteroatoms. The fraction of sp³-hybridized carbons (Fsp3) is 0.533. The predicted molar refractivity (Wildman–Crippen MR) is 72.9 cm³/mol. The number of rotatable bonds is 4. The van der Waals surface area contributed by atoms with E-state index < -0.39 is 5.97 Å². The van der Waals surface area contributed by atoms with Gasteiger partial charge in [0.05, 0.1) is 5.56 Å². The van der Waals surface area contributed by atoms with Gasteiger partial charge >= 0.3 is 5.97 Å². The monoisotopic (exact) mass is 247 g/mol. The molecule has 2 rings (SSSR count). The third-order valence-corrected chi connectivity index (χ3v) is 4.97. The second-order valence-electron chi connectivity index (χ2n) is 6.23. The van der Waals surface area contributed by atoms with Gasteiger partial charge in [0.1, 0.15) is 0 Å². The maximum Gasteiger partial charge on any atom is 0.337 e. The predicted octanol–water partition coefficient (Wildman–Crippen LogP) is 3.48. The van der Waals surface area contributed by atoms with Crippen molar-refractivity contribution in [1.82, 2.24) is 0 Å². The molecule has 0 amide bonds. The first-order valence-corrected chi connectivity index (χ1v) is 6.34. The molecule has 1 aliphatic carbocycles. The molecule has 0 spiro atoms. The zero-order valence-electron chi connectivity index (χ0n) is 11.4. The van der Waals surface area contributed by atoms with Gasteiger partial charge in [0.25, 0.3) is 0 Å². The summed E-state index contributed by atoms with van der Waals surface area (Å²) in [6, 6.07) is 7.07. The highest BCUT2D eigenvalue weighted by atomic mass is 16.4. The number of nitrogens with one attached hydrogen (secondary N) is 1. The van der Waals surface area contributed by atoms with Gasteiger partial charge in [-0.25, -0.2) is 4.79 Å². The number of aromatic carboxylic acids is 1. The lowest BCUT2D eigenvalue weighted by atomic mass is 10.0. The summed E-state index contributed by atoms with van der Waals surface area (Å²) in [5.74, 6) is -0.306. The maximum atomic E-state index is 11.1. The van der Waals surface area contributed by atoms with Crippen molar-refractivity contribution in [2.24, 2.45) is 16.7 Å². The van der Waals surface area contributed by atoms with Crippen molar-refractivity contribution in [3.05, 3.63) is 29.8 Å². The number of carboxylic acid groups (broad SMARTS) is 1. The average molecular weight is 247 g/mol. The van der Waals surface area contributed by atoms with Crippen LogP contribution < -0.4 is 5.32 Å². The summed E-state index contributed by atoms with van der Waals surface area (Å²) in [5, 5.41) is 12.4. The van der Waals surface area contributed by atoms with Gasteiger partial charge in [-0.2, -0.15) is 0 Å².